The number of hydrogen-bond donors (Lipinski definition) is 0. The summed E-state index contributed by atoms with van der Waals surface area (Å²) in [7, 11) is 0. The molecule has 4 rings (SSSR count). The second kappa shape index (κ2) is 6.60. The number of aromatic nitrogens is 4. The van der Waals surface area contributed by atoms with Crippen molar-refractivity contribution in [2.45, 2.75) is 51.0 Å². The second-order valence-corrected chi connectivity index (χ2v) is 6.74. The van der Waals surface area contributed by atoms with Gasteiger partial charge in [-0.05, 0) is 37.8 Å². The summed E-state index contributed by atoms with van der Waals surface area (Å²) in [5.74, 6) is 3.69. The predicted molar refractivity (Wildman–Crippen MR) is 90.7 cm³/mol. The van der Waals surface area contributed by atoms with Crippen molar-refractivity contribution in [2.75, 3.05) is 18.0 Å². The molecule has 6 heteroatoms. The van der Waals surface area contributed by atoms with Gasteiger partial charge in [0.25, 0.3) is 0 Å². The molecule has 0 aromatic carbocycles. The van der Waals surface area contributed by atoms with Crippen molar-refractivity contribution in [3.05, 3.63) is 35.5 Å². The highest BCUT2D eigenvalue weighted by Gasteiger charge is 2.27. The number of pyridine rings is 1. The molecule has 2 aliphatic rings. The molecule has 0 bridgehead atoms. The van der Waals surface area contributed by atoms with Crippen molar-refractivity contribution in [3.63, 3.8) is 0 Å². The van der Waals surface area contributed by atoms with Crippen LogP contribution in [0.25, 0.3) is 0 Å². The molecule has 0 aliphatic carbocycles. The van der Waals surface area contributed by atoms with Gasteiger partial charge in [-0.3, -0.25) is 0 Å². The average molecular weight is 322 g/mol. The molecule has 0 radical (unpaired) electrons. The monoisotopic (exact) mass is 322 g/mol. The molecule has 2 aromatic rings. The van der Waals surface area contributed by atoms with E-state index in [1.54, 1.807) is 6.20 Å². The summed E-state index contributed by atoms with van der Waals surface area (Å²) in [5.41, 5.74) is 0.607. The lowest BCUT2D eigenvalue weighted by atomic mass is 9.97. The summed E-state index contributed by atoms with van der Waals surface area (Å²) in [6, 6.07) is 5.92. The van der Waals surface area contributed by atoms with E-state index in [0.29, 0.717) is 11.5 Å². The van der Waals surface area contributed by atoms with E-state index in [1.807, 2.05) is 12.1 Å². The minimum absolute atomic E-state index is 0.413. The summed E-state index contributed by atoms with van der Waals surface area (Å²) in [6.07, 6.45) is 8.74. The van der Waals surface area contributed by atoms with Crippen molar-refractivity contribution in [2.24, 2.45) is 0 Å². The van der Waals surface area contributed by atoms with E-state index < -0.39 is 0 Å². The zero-order chi connectivity index (χ0) is 16.4. The number of fused-ring (bicyclic) bond motifs is 1. The number of nitriles is 1. The first kappa shape index (κ1) is 15.1. The van der Waals surface area contributed by atoms with Crippen LogP contribution in [0.1, 0.15) is 55.2 Å². The van der Waals surface area contributed by atoms with E-state index in [-0.39, 0.29) is 0 Å². The van der Waals surface area contributed by atoms with Crippen LogP contribution >= 0.6 is 0 Å². The van der Waals surface area contributed by atoms with Crippen LogP contribution in [-0.4, -0.2) is 32.8 Å². The van der Waals surface area contributed by atoms with Crippen molar-refractivity contribution >= 4 is 5.82 Å². The standard InChI is InChI=1S/C18H22N6/c19-11-14-7-8-16(20-12-14)23-9-4-5-15(13-23)18-22-21-17-6-2-1-3-10-24(17)18/h7-8,12,15H,1-6,9-10,13H2/t15-/m1/s1. The molecule has 4 heterocycles. The van der Waals surface area contributed by atoms with E-state index in [1.165, 1.54) is 19.3 Å². The Morgan fingerprint density at radius 2 is 2.04 bits per heavy atom. The molecule has 2 aliphatic heterocycles. The van der Waals surface area contributed by atoms with Crippen LogP contribution in [0.15, 0.2) is 18.3 Å². The van der Waals surface area contributed by atoms with Gasteiger partial charge in [-0.25, -0.2) is 4.98 Å². The van der Waals surface area contributed by atoms with Gasteiger partial charge in [0.2, 0.25) is 0 Å². The van der Waals surface area contributed by atoms with E-state index in [9.17, 15) is 0 Å². The summed E-state index contributed by atoms with van der Waals surface area (Å²) >= 11 is 0. The highest BCUT2D eigenvalue weighted by atomic mass is 15.3. The summed E-state index contributed by atoms with van der Waals surface area (Å²) in [4.78, 5) is 6.77. The molecular weight excluding hydrogens is 300 g/mol. The highest BCUT2D eigenvalue weighted by molar-refractivity contribution is 5.42. The lowest BCUT2D eigenvalue weighted by Gasteiger charge is -2.33. The smallest absolute Gasteiger partial charge is 0.137 e. The Kier molecular flexibility index (Phi) is 4.16. The molecule has 24 heavy (non-hydrogen) atoms. The van der Waals surface area contributed by atoms with Gasteiger partial charge in [0, 0.05) is 38.2 Å². The van der Waals surface area contributed by atoms with Gasteiger partial charge in [-0.2, -0.15) is 5.26 Å². The SMILES string of the molecule is N#Cc1ccc(N2CCC[C@@H](c3nnc4n3CCCCC4)C2)nc1. The normalized spacial score (nSPS) is 21.0. The third-order valence-corrected chi connectivity index (χ3v) is 5.13. The zero-order valence-electron chi connectivity index (χ0n) is 13.9. The van der Waals surface area contributed by atoms with Gasteiger partial charge >= 0.3 is 0 Å². The molecule has 6 nitrogen and oxygen atoms in total. The number of hydrogen-bond acceptors (Lipinski definition) is 5. The summed E-state index contributed by atoms with van der Waals surface area (Å²) in [6.45, 7) is 3.00. The molecule has 0 unspecified atom stereocenters. The number of anilines is 1. The fourth-order valence-electron chi connectivity index (χ4n) is 3.84. The molecule has 1 saturated heterocycles. The second-order valence-electron chi connectivity index (χ2n) is 6.74. The van der Waals surface area contributed by atoms with Crippen LogP contribution in [0.4, 0.5) is 5.82 Å². The minimum Gasteiger partial charge on any atom is -0.356 e. The lowest BCUT2D eigenvalue weighted by molar-refractivity contribution is 0.464. The maximum Gasteiger partial charge on any atom is 0.137 e. The van der Waals surface area contributed by atoms with Crippen molar-refractivity contribution in [1.29, 1.82) is 5.26 Å². The van der Waals surface area contributed by atoms with Crippen LogP contribution in [0.3, 0.4) is 0 Å². The van der Waals surface area contributed by atoms with Crippen LogP contribution in [0.2, 0.25) is 0 Å². The van der Waals surface area contributed by atoms with Crippen molar-refractivity contribution in [3.8, 4) is 6.07 Å². The van der Waals surface area contributed by atoms with Gasteiger partial charge in [-0.1, -0.05) is 6.42 Å². The Morgan fingerprint density at radius 3 is 2.88 bits per heavy atom. The molecule has 1 fully saturated rings. The van der Waals surface area contributed by atoms with Crippen molar-refractivity contribution < 1.29 is 0 Å². The third kappa shape index (κ3) is 2.86. The zero-order valence-corrected chi connectivity index (χ0v) is 13.9. The molecule has 2 aromatic heterocycles. The average Bonchev–Trinajstić information content (AvgIpc) is 2.90. The Labute approximate surface area is 142 Å². The van der Waals surface area contributed by atoms with Crippen LogP contribution < -0.4 is 4.90 Å². The predicted octanol–water partition coefficient (Wildman–Crippen LogP) is 2.66. The number of nitrogens with zero attached hydrogens (tertiary/aromatic N) is 6. The third-order valence-electron chi connectivity index (χ3n) is 5.13. The first-order chi connectivity index (χ1) is 11.8. The van der Waals surface area contributed by atoms with Gasteiger partial charge in [0.05, 0.1) is 5.56 Å². The maximum atomic E-state index is 8.92. The summed E-state index contributed by atoms with van der Waals surface area (Å²) in [5, 5.41) is 17.9. The van der Waals surface area contributed by atoms with Gasteiger partial charge in [-0.15, -0.1) is 10.2 Å². The Hall–Kier alpha value is -2.42. The number of aryl methyl sites for hydroxylation is 1. The van der Waals surface area contributed by atoms with E-state index in [4.69, 9.17) is 5.26 Å². The minimum atomic E-state index is 0.413. The molecule has 0 amide bonds. The van der Waals surface area contributed by atoms with E-state index in [0.717, 1.165) is 56.4 Å². The molecule has 0 saturated carbocycles. The van der Waals surface area contributed by atoms with Crippen LogP contribution in [0.5, 0.6) is 0 Å². The highest BCUT2D eigenvalue weighted by Crippen LogP contribution is 2.29. The van der Waals surface area contributed by atoms with E-state index >= 15 is 0 Å². The van der Waals surface area contributed by atoms with Gasteiger partial charge in [0.15, 0.2) is 0 Å². The Balaban J connectivity index is 1.55. The van der Waals surface area contributed by atoms with Crippen LogP contribution in [0, 0.1) is 11.3 Å². The largest absolute Gasteiger partial charge is 0.356 e. The lowest BCUT2D eigenvalue weighted by Crippen LogP contribution is -2.36. The first-order valence-corrected chi connectivity index (χ1v) is 8.88. The molecule has 0 N–H and O–H groups in total. The first-order valence-electron chi connectivity index (χ1n) is 8.88. The topological polar surface area (TPSA) is 70.6 Å². The molecule has 0 spiro atoms. The fourth-order valence-corrected chi connectivity index (χ4v) is 3.84. The van der Waals surface area contributed by atoms with Gasteiger partial charge < -0.3 is 9.47 Å². The van der Waals surface area contributed by atoms with Crippen LogP contribution in [-0.2, 0) is 13.0 Å². The summed E-state index contributed by atoms with van der Waals surface area (Å²) < 4.78 is 2.37. The maximum absolute atomic E-state index is 8.92. The molecular formula is C18H22N6. The number of piperidine rings is 1. The van der Waals surface area contributed by atoms with E-state index in [2.05, 4.69) is 30.7 Å². The number of rotatable bonds is 2. The Bertz CT molecular complexity index is 742. The van der Waals surface area contributed by atoms with Gasteiger partial charge in [0.1, 0.15) is 23.5 Å². The molecule has 1 atom stereocenters. The Morgan fingerprint density at radius 1 is 1.08 bits per heavy atom. The van der Waals surface area contributed by atoms with Crippen molar-refractivity contribution in [1.82, 2.24) is 19.7 Å². The fraction of sp³-hybridized carbons (Fsp3) is 0.556. The quantitative estimate of drug-likeness (QED) is 0.850. The molecule has 124 valence electrons.